The van der Waals surface area contributed by atoms with Gasteiger partial charge in [0.1, 0.15) is 11.6 Å². The molecular formula is C19H15BrClF3N4OS. The summed E-state index contributed by atoms with van der Waals surface area (Å²) in [5, 5.41) is 10.4. The number of thiocarbonyl (C=S) groups is 1. The van der Waals surface area contributed by atoms with Gasteiger partial charge in [-0.25, -0.2) is 4.39 Å². The fraction of sp³-hybridized carbons (Fsp3) is 0.158. The van der Waals surface area contributed by atoms with Crippen molar-refractivity contribution < 1.29 is 17.9 Å². The maximum absolute atomic E-state index is 14.0. The number of aromatic nitrogens is 2. The van der Waals surface area contributed by atoms with Gasteiger partial charge in [0.25, 0.3) is 0 Å². The molecule has 0 bridgehead atoms. The number of nitrogens with zero attached hydrogens (tertiary/aromatic N) is 2. The van der Waals surface area contributed by atoms with Gasteiger partial charge in [0.15, 0.2) is 10.9 Å². The van der Waals surface area contributed by atoms with Crippen LogP contribution in [-0.2, 0) is 6.54 Å². The molecule has 0 atom stereocenters. The third kappa shape index (κ3) is 5.65. The van der Waals surface area contributed by atoms with Gasteiger partial charge in [-0.15, -0.1) is 0 Å². The molecule has 0 saturated heterocycles. The highest BCUT2D eigenvalue weighted by Crippen LogP contribution is 2.28. The number of halogens is 5. The molecule has 0 aliphatic heterocycles. The molecule has 0 spiro atoms. The highest BCUT2D eigenvalue weighted by atomic mass is 79.9. The number of ether oxygens (including phenoxy) is 1. The SMILES string of the molecule is Cc1ccc(OC(F)F)c(NC(=S)Nc2nn(Cc3c(F)cccc3Cl)cc2Br)c1. The molecular weight excluding hydrogens is 505 g/mol. The second-order valence-corrected chi connectivity index (χ2v) is 7.85. The standard InChI is InChI=1S/C19H15BrClF3N4OS/c1-10-5-6-16(29-18(23)24)15(7-10)25-19(30)26-17-12(20)9-28(27-17)8-11-13(21)3-2-4-14(11)22/h2-7,9,18H,8H2,1H3,(H2,25,26,27,30). The van der Waals surface area contributed by atoms with Crippen LogP contribution < -0.4 is 15.4 Å². The number of hydrogen-bond acceptors (Lipinski definition) is 3. The first-order chi connectivity index (χ1) is 14.2. The molecule has 3 rings (SSSR count). The number of nitrogens with one attached hydrogen (secondary N) is 2. The van der Waals surface area contributed by atoms with Crippen molar-refractivity contribution in [2.24, 2.45) is 0 Å². The summed E-state index contributed by atoms with van der Waals surface area (Å²) in [6.07, 6.45) is 1.63. The molecule has 11 heteroatoms. The normalized spacial score (nSPS) is 10.9. The molecule has 158 valence electrons. The molecule has 0 fully saturated rings. The summed E-state index contributed by atoms with van der Waals surface area (Å²) in [7, 11) is 0. The van der Waals surface area contributed by atoms with Crippen LogP contribution >= 0.6 is 39.7 Å². The molecule has 5 nitrogen and oxygen atoms in total. The Bertz CT molecular complexity index is 1060. The summed E-state index contributed by atoms with van der Waals surface area (Å²) in [5.41, 5.74) is 1.41. The van der Waals surface area contributed by atoms with Gasteiger partial charge in [-0.05, 0) is 64.9 Å². The predicted molar refractivity (Wildman–Crippen MR) is 118 cm³/mol. The van der Waals surface area contributed by atoms with E-state index in [-0.39, 0.29) is 23.1 Å². The van der Waals surface area contributed by atoms with Crippen LogP contribution in [0, 0.1) is 12.7 Å². The van der Waals surface area contributed by atoms with E-state index in [1.807, 2.05) is 0 Å². The van der Waals surface area contributed by atoms with E-state index in [2.05, 4.69) is 36.4 Å². The molecule has 1 aromatic heterocycles. The highest BCUT2D eigenvalue weighted by molar-refractivity contribution is 9.10. The molecule has 0 aliphatic carbocycles. The average Bonchev–Trinajstić information content (AvgIpc) is 2.99. The van der Waals surface area contributed by atoms with Crippen LogP contribution in [0.4, 0.5) is 24.7 Å². The van der Waals surface area contributed by atoms with Gasteiger partial charge in [-0.3, -0.25) is 4.68 Å². The van der Waals surface area contributed by atoms with Crippen LogP contribution in [0.2, 0.25) is 5.02 Å². The van der Waals surface area contributed by atoms with E-state index in [1.165, 1.54) is 22.9 Å². The summed E-state index contributed by atoms with van der Waals surface area (Å²) in [5.74, 6) is -0.130. The molecule has 0 radical (unpaired) electrons. The minimum atomic E-state index is -2.97. The molecule has 0 aliphatic rings. The molecule has 2 aromatic carbocycles. The summed E-state index contributed by atoms with van der Waals surface area (Å²) < 4.78 is 45.8. The Morgan fingerprint density at radius 3 is 2.77 bits per heavy atom. The lowest BCUT2D eigenvalue weighted by Gasteiger charge is -2.14. The van der Waals surface area contributed by atoms with Gasteiger partial charge in [-0.2, -0.15) is 13.9 Å². The number of alkyl halides is 2. The van der Waals surface area contributed by atoms with Gasteiger partial charge in [0.05, 0.1) is 16.7 Å². The van der Waals surface area contributed by atoms with E-state index >= 15 is 0 Å². The van der Waals surface area contributed by atoms with Gasteiger partial charge in [0.2, 0.25) is 0 Å². The van der Waals surface area contributed by atoms with Crippen molar-refractivity contribution in [2.45, 2.75) is 20.1 Å². The van der Waals surface area contributed by atoms with Crippen LogP contribution in [-0.4, -0.2) is 21.5 Å². The van der Waals surface area contributed by atoms with Crippen molar-refractivity contribution in [1.29, 1.82) is 0 Å². The summed E-state index contributed by atoms with van der Waals surface area (Å²) in [6.45, 7) is -1.05. The number of benzene rings is 2. The average molecular weight is 520 g/mol. The highest BCUT2D eigenvalue weighted by Gasteiger charge is 2.14. The monoisotopic (exact) mass is 518 g/mol. The molecule has 2 N–H and O–H groups in total. The number of anilines is 2. The van der Waals surface area contributed by atoms with Crippen molar-refractivity contribution in [1.82, 2.24) is 9.78 Å². The lowest BCUT2D eigenvalue weighted by atomic mass is 10.2. The van der Waals surface area contributed by atoms with Crippen LogP contribution in [0.25, 0.3) is 0 Å². The molecule has 1 heterocycles. The zero-order valence-corrected chi connectivity index (χ0v) is 18.6. The van der Waals surface area contributed by atoms with Gasteiger partial charge in [0, 0.05) is 16.8 Å². The zero-order chi connectivity index (χ0) is 21.8. The van der Waals surface area contributed by atoms with Crippen LogP contribution in [0.3, 0.4) is 0 Å². The Balaban J connectivity index is 1.73. The number of hydrogen-bond donors (Lipinski definition) is 2. The largest absolute Gasteiger partial charge is 0.433 e. The third-order valence-electron chi connectivity index (χ3n) is 3.93. The summed E-state index contributed by atoms with van der Waals surface area (Å²) in [6, 6.07) is 9.13. The minimum absolute atomic E-state index is 0.0430. The second-order valence-electron chi connectivity index (χ2n) is 6.18. The Kier molecular flexibility index (Phi) is 7.22. The number of aryl methyl sites for hydroxylation is 1. The smallest absolute Gasteiger partial charge is 0.387 e. The van der Waals surface area contributed by atoms with Crippen molar-refractivity contribution in [3.8, 4) is 5.75 Å². The van der Waals surface area contributed by atoms with Crippen LogP contribution in [0.1, 0.15) is 11.1 Å². The van der Waals surface area contributed by atoms with E-state index < -0.39 is 12.4 Å². The Hall–Kier alpha value is -2.30. The lowest BCUT2D eigenvalue weighted by Crippen LogP contribution is -2.20. The minimum Gasteiger partial charge on any atom is -0.433 e. The van der Waals surface area contributed by atoms with Gasteiger partial charge >= 0.3 is 6.61 Å². The van der Waals surface area contributed by atoms with Gasteiger partial charge < -0.3 is 15.4 Å². The van der Waals surface area contributed by atoms with Gasteiger partial charge in [-0.1, -0.05) is 23.7 Å². The van der Waals surface area contributed by atoms with Crippen LogP contribution in [0.5, 0.6) is 5.75 Å². The van der Waals surface area contributed by atoms with E-state index in [1.54, 1.807) is 31.3 Å². The fourth-order valence-electron chi connectivity index (χ4n) is 2.61. The first kappa shape index (κ1) is 22.4. The summed E-state index contributed by atoms with van der Waals surface area (Å²) in [4.78, 5) is 0. The van der Waals surface area contributed by atoms with E-state index in [0.717, 1.165) is 5.56 Å². The number of rotatable bonds is 6. The molecule has 3 aromatic rings. The van der Waals surface area contributed by atoms with Crippen molar-refractivity contribution in [3.63, 3.8) is 0 Å². The second kappa shape index (κ2) is 9.67. The first-order valence-corrected chi connectivity index (χ1v) is 10.1. The lowest BCUT2D eigenvalue weighted by molar-refractivity contribution is -0.0493. The zero-order valence-electron chi connectivity index (χ0n) is 15.4. The quantitative estimate of drug-likeness (QED) is 0.380. The molecule has 0 unspecified atom stereocenters. The molecule has 30 heavy (non-hydrogen) atoms. The van der Waals surface area contributed by atoms with Crippen molar-refractivity contribution in [3.05, 3.63) is 69.0 Å². The van der Waals surface area contributed by atoms with Crippen molar-refractivity contribution >= 4 is 56.4 Å². The van der Waals surface area contributed by atoms with Crippen molar-refractivity contribution in [2.75, 3.05) is 10.6 Å². The third-order valence-corrected chi connectivity index (χ3v) is 5.07. The van der Waals surface area contributed by atoms with E-state index in [4.69, 9.17) is 23.8 Å². The Morgan fingerprint density at radius 1 is 1.30 bits per heavy atom. The van der Waals surface area contributed by atoms with E-state index in [9.17, 15) is 13.2 Å². The Morgan fingerprint density at radius 2 is 2.07 bits per heavy atom. The maximum Gasteiger partial charge on any atom is 0.387 e. The molecule has 0 saturated carbocycles. The topological polar surface area (TPSA) is 51.1 Å². The first-order valence-electron chi connectivity index (χ1n) is 8.52. The predicted octanol–water partition coefficient (Wildman–Crippen LogP) is 6.21. The maximum atomic E-state index is 14.0. The summed E-state index contributed by atoms with van der Waals surface area (Å²) >= 11 is 14.7. The van der Waals surface area contributed by atoms with E-state index in [0.29, 0.717) is 20.9 Å². The van der Waals surface area contributed by atoms with Crippen LogP contribution in [0.15, 0.2) is 47.1 Å². The molecule has 0 amide bonds. The Labute approximate surface area is 189 Å². The fourth-order valence-corrected chi connectivity index (χ4v) is 3.45.